The zero-order chi connectivity index (χ0) is 14.0. The predicted octanol–water partition coefficient (Wildman–Crippen LogP) is 2.73. The summed E-state index contributed by atoms with van der Waals surface area (Å²) in [6, 6.07) is 5.85. The zero-order valence-electron chi connectivity index (χ0n) is 11.5. The molecule has 1 aromatic rings. The lowest BCUT2D eigenvalue weighted by atomic mass is 9.99. The maximum atomic E-state index is 12.4. The second-order valence-electron chi connectivity index (χ2n) is 5.56. The smallest absolute Gasteiger partial charge is 0.157 e. The topological polar surface area (TPSA) is 51.2 Å². The molecule has 0 amide bonds. The normalized spacial score (nSPS) is 20.5. The quantitative estimate of drug-likeness (QED) is 0.855. The number of hydrogen-bond donors (Lipinski definition) is 0. The average Bonchev–Trinajstić information content (AvgIpc) is 2.26. The summed E-state index contributed by atoms with van der Waals surface area (Å²) in [6.45, 7) is 3.93. The molecule has 1 atom stereocenters. The summed E-state index contributed by atoms with van der Waals surface area (Å²) in [5.41, 5.74) is 2.98. The Labute approximate surface area is 114 Å². The molecule has 0 aromatic heterocycles. The van der Waals surface area contributed by atoms with Crippen LogP contribution in [0.1, 0.15) is 42.4 Å². The lowest BCUT2D eigenvalue weighted by Crippen LogP contribution is -2.29. The maximum Gasteiger partial charge on any atom is 0.157 e. The molecule has 1 fully saturated rings. The van der Waals surface area contributed by atoms with Crippen LogP contribution in [-0.2, 0) is 20.4 Å². The van der Waals surface area contributed by atoms with Crippen LogP contribution < -0.4 is 0 Å². The summed E-state index contributed by atoms with van der Waals surface area (Å²) >= 11 is 0. The minimum absolute atomic E-state index is 0.0491. The number of carbonyl (C=O) groups is 1. The van der Waals surface area contributed by atoms with Gasteiger partial charge >= 0.3 is 0 Å². The Bertz CT molecular complexity index is 567. The molecule has 1 unspecified atom stereocenters. The van der Waals surface area contributed by atoms with Gasteiger partial charge in [-0.1, -0.05) is 29.3 Å². The third kappa shape index (κ3) is 3.66. The number of sulfone groups is 1. The molecule has 1 aromatic carbocycles. The summed E-state index contributed by atoms with van der Waals surface area (Å²) in [7, 11) is -3.22. The van der Waals surface area contributed by atoms with E-state index in [-0.39, 0.29) is 18.0 Å². The molecule has 1 aliphatic rings. The van der Waals surface area contributed by atoms with Crippen molar-refractivity contribution in [1.29, 1.82) is 0 Å². The van der Waals surface area contributed by atoms with Gasteiger partial charge in [-0.3, -0.25) is 4.79 Å². The van der Waals surface area contributed by atoms with E-state index in [1.165, 1.54) is 0 Å². The maximum absolute atomic E-state index is 12.4. The average molecular weight is 280 g/mol. The summed E-state index contributed by atoms with van der Waals surface area (Å²) in [5, 5.41) is -0.477. The van der Waals surface area contributed by atoms with Crippen molar-refractivity contribution < 1.29 is 13.2 Å². The van der Waals surface area contributed by atoms with Crippen LogP contribution in [0.2, 0.25) is 0 Å². The van der Waals surface area contributed by atoms with E-state index in [0.29, 0.717) is 19.3 Å². The monoisotopic (exact) mass is 280 g/mol. The van der Waals surface area contributed by atoms with Gasteiger partial charge in [0.15, 0.2) is 9.84 Å². The SMILES string of the molecule is Cc1cc(C)cc(CS(=O)(=O)C2CCCC(=O)C2)c1. The lowest BCUT2D eigenvalue weighted by molar-refractivity contribution is -0.120. The number of ketones is 1. The Kier molecular flexibility index (Phi) is 4.09. The Morgan fingerprint density at radius 1 is 1.16 bits per heavy atom. The van der Waals surface area contributed by atoms with Gasteiger partial charge < -0.3 is 0 Å². The molecule has 0 bridgehead atoms. The van der Waals surface area contributed by atoms with Crippen molar-refractivity contribution in [3.63, 3.8) is 0 Å². The van der Waals surface area contributed by atoms with E-state index in [9.17, 15) is 13.2 Å². The third-order valence-electron chi connectivity index (χ3n) is 3.59. The molecule has 19 heavy (non-hydrogen) atoms. The van der Waals surface area contributed by atoms with Crippen molar-refractivity contribution in [2.75, 3.05) is 0 Å². The first-order valence-corrected chi connectivity index (χ1v) is 8.39. The predicted molar refractivity (Wildman–Crippen MR) is 75.8 cm³/mol. The van der Waals surface area contributed by atoms with E-state index in [1.54, 1.807) is 0 Å². The third-order valence-corrected chi connectivity index (χ3v) is 5.75. The van der Waals surface area contributed by atoms with E-state index in [2.05, 4.69) is 0 Å². The summed E-state index contributed by atoms with van der Waals surface area (Å²) in [5.74, 6) is 0.133. The Morgan fingerprint density at radius 2 is 1.79 bits per heavy atom. The number of Topliss-reactive ketones (excluding diaryl/α,β-unsaturated/α-hetero) is 1. The van der Waals surface area contributed by atoms with E-state index in [0.717, 1.165) is 16.7 Å². The van der Waals surface area contributed by atoms with Crippen molar-refractivity contribution in [3.8, 4) is 0 Å². The van der Waals surface area contributed by atoms with Gasteiger partial charge in [-0.2, -0.15) is 0 Å². The van der Waals surface area contributed by atoms with E-state index >= 15 is 0 Å². The van der Waals surface area contributed by atoms with Crippen LogP contribution in [0.3, 0.4) is 0 Å². The highest BCUT2D eigenvalue weighted by atomic mass is 32.2. The first-order chi connectivity index (χ1) is 8.87. The first kappa shape index (κ1) is 14.3. The van der Waals surface area contributed by atoms with Gasteiger partial charge in [0, 0.05) is 12.8 Å². The van der Waals surface area contributed by atoms with Crippen molar-refractivity contribution in [2.24, 2.45) is 0 Å². The standard InChI is InChI=1S/C15H20O3S/c1-11-6-12(2)8-13(7-11)10-19(17,18)15-5-3-4-14(16)9-15/h6-8,15H,3-5,9-10H2,1-2H3. The number of hydrogen-bond acceptors (Lipinski definition) is 3. The van der Waals surface area contributed by atoms with Crippen LogP contribution in [-0.4, -0.2) is 19.5 Å². The molecule has 0 aliphatic heterocycles. The van der Waals surface area contributed by atoms with Crippen molar-refractivity contribution in [3.05, 3.63) is 34.9 Å². The summed E-state index contributed by atoms with van der Waals surface area (Å²) in [6.07, 6.45) is 2.07. The molecule has 104 valence electrons. The molecule has 0 N–H and O–H groups in total. The van der Waals surface area contributed by atoms with Gasteiger partial charge in [-0.05, 0) is 32.3 Å². The fraction of sp³-hybridized carbons (Fsp3) is 0.533. The van der Waals surface area contributed by atoms with E-state index in [4.69, 9.17) is 0 Å². The molecule has 4 heteroatoms. The van der Waals surface area contributed by atoms with Crippen LogP contribution in [0.5, 0.6) is 0 Å². The summed E-state index contributed by atoms with van der Waals surface area (Å²) in [4.78, 5) is 11.4. The fourth-order valence-electron chi connectivity index (χ4n) is 2.79. The summed E-state index contributed by atoms with van der Waals surface area (Å²) < 4.78 is 24.7. The molecule has 0 spiro atoms. The van der Waals surface area contributed by atoms with Crippen LogP contribution >= 0.6 is 0 Å². The van der Waals surface area contributed by atoms with Gasteiger partial charge in [0.1, 0.15) is 5.78 Å². The minimum Gasteiger partial charge on any atom is -0.300 e. The molecular weight excluding hydrogens is 260 g/mol. The number of aryl methyl sites for hydroxylation is 2. The highest BCUT2D eigenvalue weighted by molar-refractivity contribution is 7.91. The van der Waals surface area contributed by atoms with Gasteiger partial charge in [0.25, 0.3) is 0 Å². The van der Waals surface area contributed by atoms with Crippen LogP contribution in [0.4, 0.5) is 0 Å². The second kappa shape index (κ2) is 5.45. The lowest BCUT2D eigenvalue weighted by Gasteiger charge is -2.21. The van der Waals surface area contributed by atoms with Gasteiger partial charge in [-0.25, -0.2) is 8.42 Å². The number of benzene rings is 1. The van der Waals surface area contributed by atoms with Crippen LogP contribution in [0.25, 0.3) is 0 Å². The van der Waals surface area contributed by atoms with E-state index in [1.807, 2.05) is 32.0 Å². The molecular formula is C15H20O3S. The Morgan fingerprint density at radius 3 is 2.37 bits per heavy atom. The van der Waals surface area contributed by atoms with Gasteiger partial charge in [0.05, 0.1) is 11.0 Å². The Balaban J connectivity index is 2.18. The van der Waals surface area contributed by atoms with E-state index < -0.39 is 15.1 Å². The molecule has 0 heterocycles. The largest absolute Gasteiger partial charge is 0.300 e. The Hall–Kier alpha value is -1.16. The van der Waals surface area contributed by atoms with Gasteiger partial charge in [0.2, 0.25) is 0 Å². The molecule has 0 saturated heterocycles. The first-order valence-electron chi connectivity index (χ1n) is 6.67. The van der Waals surface area contributed by atoms with Crippen molar-refractivity contribution in [2.45, 2.75) is 50.5 Å². The molecule has 1 saturated carbocycles. The highest BCUT2D eigenvalue weighted by Crippen LogP contribution is 2.25. The van der Waals surface area contributed by atoms with Crippen molar-refractivity contribution >= 4 is 15.6 Å². The van der Waals surface area contributed by atoms with Crippen LogP contribution in [0, 0.1) is 13.8 Å². The molecule has 0 radical (unpaired) electrons. The number of rotatable bonds is 3. The highest BCUT2D eigenvalue weighted by Gasteiger charge is 2.30. The fourth-order valence-corrected chi connectivity index (χ4v) is 4.63. The molecule has 1 aliphatic carbocycles. The zero-order valence-corrected chi connectivity index (χ0v) is 12.3. The van der Waals surface area contributed by atoms with Crippen LogP contribution in [0.15, 0.2) is 18.2 Å². The molecule has 3 nitrogen and oxygen atoms in total. The van der Waals surface area contributed by atoms with Crippen molar-refractivity contribution in [1.82, 2.24) is 0 Å². The minimum atomic E-state index is -3.22. The molecule has 2 rings (SSSR count). The second-order valence-corrected chi connectivity index (χ2v) is 7.84. The van der Waals surface area contributed by atoms with Gasteiger partial charge in [-0.15, -0.1) is 0 Å². The number of carbonyl (C=O) groups excluding carboxylic acids is 1.